The SMILES string of the molecule is Cc1cc(C)c(Oc2ncnc(N)c2Cl)c([N+](=O)[O-])c1. The van der Waals surface area contributed by atoms with E-state index < -0.39 is 4.92 Å². The molecule has 1 aromatic heterocycles. The van der Waals surface area contributed by atoms with Crippen molar-refractivity contribution in [1.82, 2.24) is 9.97 Å². The topological polar surface area (TPSA) is 104 Å². The van der Waals surface area contributed by atoms with Gasteiger partial charge in [0.1, 0.15) is 17.2 Å². The fourth-order valence-corrected chi connectivity index (χ4v) is 1.87. The monoisotopic (exact) mass is 294 g/mol. The van der Waals surface area contributed by atoms with Gasteiger partial charge in [-0.3, -0.25) is 10.1 Å². The van der Waals surface area contributed by atoms with E-state index in [1.165, 1.54) is 12.4 Å². The number of aryl methyl sites for hydroxylation is 2. The first kappa shape index (κ1) is 14.0. The molecule has 20 heavy (non-hydrogen) atoms. The minimum atomic E-state index is -0.520. The maximum Gasteiger partial charge on any atom is 0.312 e. The second kappa shape index (κ2) is 5.30. The van der Waals surface area contributed by atoms with Crippen LogP contribution < -0.4 is 10.5 Å². The van der Waals surface area contributed by atoms with Crippen molar-refractivity contribution in [1.29, 1.82) is 0 Å². The second-order valence-corrected chi connectivity index (χ2v) is 4.55. The third kappa shape index (κ3) is 2.62. The highest BCUT2D eigenvalue weighted by molar-refractivity contribution is 6.34. The number of nitro benzene ring substituents is 1. The summed E-state index contributed by atoms with van der Waals surface area (Å²) in [5.41, 5.74) is 6.74. The summed E-state index contributed by atoms with van der Waals surface area (Å²) < 4.78 is 5.46. The van der Waals surface area contributed by atoms with Crippen LogP contribution in [-0.2, 0) is 0 Å². The first-order chi connectivity index (χ1) is 9.40. The number of rotatable bonds is 3. The van der Waals surface area contributed by atoms with Crippen LogP contribution in [0, 0.1) is 24.0 Å². The molecular formula is C12H11ClN4O3. The number of benzene rings is 1. The number of halogens is 1. The summed E-state index contributed by atoms with van der Waals surface area (Å²) in [5.74, 6) is 0.110. The van der Waals surface area contributed by atoms with E-state index in [0.717, 1.165) is 5.56 Å². The third-order valence-electron chi connectivity index (χ3n) is 2.58. The van der Waals surface area contributed by atoms with Crippen molar-refractivity contribution in [3.05, 3.63) is 44.7 Å². The molecule has 0 saturated carbocycles. The van der Waals surface area contributed by atoms with Crippen molar-refractivity contribution >= 4 is 23.1 Å². The summed E-state index contributed by atoms with van der Waals surface area (Å²) in [5, 5.41) is 11.1. The summed E-state index contributed by atoms with van der Waals surface area (Å²) in [7, 11) is 0. The Morgan fingerprint density at radius 3 is 2.70 bits per heavy atom. The number of nitro groups is 1. The van der Waals surface area contributed by atoms with E-state index in [2.05, 4.69) is 9.97 Å². The lowest BCUT2D eigenvalue weighted by Gasteiger charge is -2.10. The van der Waals surface area contributed by atoms with E-state index in [9.17, 15) is 10.1 Å². The zero-order valence-electron chi connectivity index (χ0n) is 10.8. The predicted octanol–water partition coefficient (Wildman–Crippen LogP) is 3.03. The average molecular weight is 295 g/mol. The molecule has 0 aliphatic rings. The number of nitrogens with two attached hydrogens (primary N) is 1. The van der Waals surface area contributed by atoms with Crippen molar-refractivity contribution in [2.24, 2.45) is 0 Å². The normalized spacial score (nSPS) is 10.3. The molecule has 2 N–H and O–H groups in total. The van der Waals surface area contributed by atoms with E-state index >= 15 is 0 Å². The number of aromatic nitrogens is 2. The van der Waals surface area contributed by atoms with Gasteiger partial charge in [0.25, 0.3) is 0 Å². The van der Waals surface area contributed by atoms with E-state index in [1.54, 1.807) is 19.9 Å². The molecule has 0 saturated heterocycles. The molecule has 0 atom stereocenters. The van der Waals surface area contributed by atoms with Gasteiger partial charge in [0.2, 0.25) is 11.6 Å². The van der Waals surface area contributed by atoms with Crippen molar-refractivity contribution in [2.45, 2.75) is 13.8 Å². The quantitative estimate of drug-likeness (QED) is 0.689. The summed E-state index contributed by atoms with van der Waals surface area (Å²) >= 11 is 5.91. The lowest BCUT2D eigenvalue weighted by atomic mass is 10.1. The Morgan fingerprint density at radius 2 is 2.05 bits per heavy atom. The molecular weight excluding hydrogens is 284 g/mol. The molecule has 0 spiro atoms. The van der Waals surface area contributed by atoms with Gasteiger partial charge in [0, 0.05) is 6.07 Å². The zero-order valence-corrected chi connectivity index (χ0v) is 11.5. The average Bonchev–Trinajstić information content (AvgIpc) is 2.37. The Balaban J connectivity index is 2.53. The summed E-state index contributed by atoms with van der Waals surface area (Å²) in [6, 6.07) is 3.18. The largest absolute Gasteiger partial charge is 0.430 e. The minimum Gasteiger partial charge on any atom is -0.430 e. The van der Waals surface area contributed by atoms with Crippen LogP contribution >= 0.6 is 11.6 Å². The maximum absolute atomic E-state index is 11.1. The Kier molecular flexibility index (Phi) is 3.71. The number of hydrogen-bond donors (Lipinski definition) is 1. The molecule has 7 nitrogen and oxygen atoms in total. The van der Waals surface area contributed by atoms with Crippen LogP contribution in [0.3, 0.4) is 0 Å². The van der Waals surface area contributed by atoms with Crippen LogP contribution in [0.25, 0.3) is 0 Å². The molecule has 104 valence electrons. The number of nitrogens with zero attached hydrogens (tertiary/aromatic N) is 3. The fraction of sp³-hybridized carbons (Fsp3) is 0.167. The lowest BCUT2D eigenvalue weighted by molar-refractivity contribution is -0.385. The van der Waals surface area contributed by atoms with Gasteiger partial charge in [-0.25, -0.2) is 4.98 Å². The molecule has 0 aliphatic carbocycles. The molecule has 0 fully saturated rings. The van der Waals surface area contributed by atoms with Crippen molar-refractivity contribution in [3.8, 4) is 11.6 Å². The Labute approximate surface area is 119 Å². The molecule has 0 aliphatic heterocycles. The first-order valence-corrected chi connectivity index (χ1v) is 5.97. The number of hydrogen-bond acceptors (Lipinski definition) is 6. The molecule has 8 heteroatoms. The molecule has 1 heterocycles. The molecule has 2 aromatic rings. The van der Waals surface area contributed by atoms with Crippen molar-refractivity contribution < 1.29 is 9.66 Å². The highest BCUT2D eigenvalue weighted by Crippen LogP contribution is 2.37. The van der Waals surface area contributed by atoms with Gasteiger partial charge in [-0.05, 0) is 25.0 Å². The molecule has 0 radical (unpaired) electrons. The van der Waals surface area contributed by atoms with E-state index in [1.807, 2.05) is 0 Å². The zero-order chi connectivity index (χ0) is 14.9. The summed E-state index contributed by atoms with van der Waals surface area (Å²) in [6.45, 7) is 3.47. The Hall–Kier alpha value is -2.41. The van der Waals surface area contributed by atoms with Crippen LogP contribution in [-0.4, -0.2) is 14.9 Å². The van der Waals surface area contributed by atoms with E-state index in [0.29, 0.717) is 5.56 Å². The van der Waals surface area contributed by atoms with Gasteiger partial charge >= 0.3 is 5.69 Å². The molecule has 2 rings (SSSR count). The highest BCUT2D eigenvalue weighted by Gasteiger charge is 2.21. The van der Waals surface area contributed by atoms with Gasteiger partial charge in [-0.15, -0.1) is 0 Å². The van der Waals surface area contributed by atoms with E-state index in [4.69, 9.17) is 22.1 Å². The standard InChI is InChI=1S/C12H11ClN4O3/c1-6-3-7(2)10(8(4-6)17(18)19)20-12-9(13)11(14)15-5-16-12/h3-5H,1-2H3,(H2,14,15,16). The Morgan fingerprint density at radius 1 is 1.35 bits per heavy atom. The van der Waals surface area contributed by atoms with E-state index in [-0.39, 0.29) is 28.2 Å². The highest BCUT2D eigenvalue weighted by atomic mass is 35.5. The minimum absolute atomic E-state index is 0.0155. The van der Waals surface area contributed by atoms with Crippen molar-refractivity contribution in [2.75, 3.05) is 5.73 Å². The van der Waals surface area contributed by atoms with Crippen LogP contribution in [0.2, 0.25) is 5.02 Å². The van der Waals surface area contributed by atoms with Crippen molar-refractivity contribution in [3.63, 3.8) is 0 Å². The van der Waals surface area contributed by atoms with Gasteiger partial charge in [0.05, 0.1) is 4.92 Å². The second-order valence-electron chi connectivity index (χ2n) is 4.17. The van der Waals surface area contributed by atoms with Gasteiger partial charge in [-0.2, -0.15) is 4.98 Å². The van der Waals surface area contributed by atoms with Crippen LogP contribution in [0.15, 0.2) is 18.5 Å². The van der Waals surface area contributed by atoms with Crippen LogP contribution in [0.1, 0.15) is 11.1 Å². The Bertz CT molecular complexity index is 691. The maximum atomic E-state index is 11.1. The summed E-state index contributed by atoms with van der Waals surface area (Å²) in [6.07, 6.45) is 1.17. The van der Waals surface area contributed by atoms with Gasteiger partial charge in [0.15, 0.2) is 0 Å². The summed E-state index contributed by atoms with van der Waals surface area (Å²) in [4.78, 5) is 18.1. The van der Waals surface area contributed by atoms with Gasteiger partial charge in [-0.1, -0.05) is 17.7 Å². The van der Waals surface area contributed by atoms with Crippen LogP contribution in [0.4, 0.5) is 11.5 Å². The molecule has 0 unspecified atom stereocenters. The first-order valence-electron chi connectivity index (χ1n) is 5.59. The number of anilines is 1. The molecule has 0 amide bonds. The third-order valence-corrected chi connectivity index (χ3v) is 2.93. The van der Waals surface area contributed by atoms with Gasteiger partial charge < -0.3 is 10.5 Å². The number of ether oxygens (including phenoxy) is 1. The molecule has 1 aromatic carbocycles. The smallest absolute Gasteiger partial charge is 0.312 e. The van der Waals surface area contributed by atoms with Crippen LogP contribution in [0.5, 0.6) is 11.6 Å². The number of nitrogen functional groups attached to an aromatic ring is 1. The lowest BCUT2D eigenvalue weighted by Crippen LogP contribution is -2.00. The fourth-order valence-electron chi connectivity index (χ4n) is 1.73. The molecule has 0 bridgehead atoms. The predicted molar refractivity (Wildman–Crippen MR) is 74.1 cm³/mol.